The summed E-state index contributed by atoms with van der Waals surface area (Å²) in [7, 11) is 1.79. The normalized spacial score (nSPS) is 11.4. The maximum absolute atomic E-state index is 11.2. The van der Waals surface area contributed by atoms with Crippen molar-refractivity contribution in [2.45, 2.75) is 39.7 Å². The highest BCUT2D eigenvalue weighted by atomic mass is 79.9. The van der Waals surface area contributed by atoms with E-state index in [0.29, 0.717) is 6.54 Å². The first-order valence-electron chi connectivity index (χ1n) is 5.72. The van der Waals surface area contributed by atoms with Crippen LogP contribution in [0.15, 0.2) is 18.2 Å². The summed E-state index contributed by atoms with van der Waals surface area (Å²) < 4.78 is 0. The number of carbonyl (C=O) groups is 1. The van der Waals surface area contributed by atoms with Crippen molar-refractivity contribution in [3.63, 3.8) is 0 Å². The number of nitrogens with zero attached hydrogens (tertiary/aromatic N) is 1. The minimum Gasteiger partial charge on any atom is -0.332 e. The molecule has 0 saturated carbocycles. The second-order valence-electron chi connectivity index (χ2n) is 5.50. The Hall–Kier alpha value is -0.830. The maximum atomic E-state index is 11.2. The SMILES string of the molecule is Cc1ccc(C(C)(C)C)cc1CN(C)C(=O)Br. The van der Waals surface area contributed by atoms with Gasteiger partial charge < -0.3 is 4.90 Å². The van der Waals surface area contributed by atoms with Gasteiger partial charge >= 0.3 is 0 Å². The van der Waals surface area contributed by atoms with E-state index in [9.17, 15) is 4.79 Å². The lowest BCUT2D eigenvalue weighted by Crippen LogP contribution is -2.21. The molecule has 1 rings (SSSR count). The average Bonchev–Trinajstić information content (AvgIpc) is 2.19. The van der Waals surface area contributed by atoms with Crippen LogP contribution in [-0.2, 0) is 12.0 Å². The minimum absolute atomic E-state index is 0.0851. The van der Waals surface area contributed by atoms with Crippen molar-refractivity contribution in [1.82, 2.24) is 4.90 Å². The number of amides is 1. The number of carbonyl (C=O) groups excluding carboxylic acids is 1. The fourth-order valence-corrected chi connectivity index (χ4v) is 1.75. The number of halogens is 1. The third kappa shape index (κ3) is 3.84. The van der Waals surface area contributed by atoms with Crippen LogP contribution in [0.5, 0.6) is 0 Å². The van der Waals surface area contributed by atoms with E-state index in [2.05, 4.69) is 61.8 Å². The van der Waals surface area contributed by atoms with Crippen LogP contribution in [0.2, 0.25) is 0 Å². The highest BCUT2D eigenvalue weighted by molar-refractivity contribution is 9.18. The van der Waals surface area contributed by atoms with Crippen LogP contribution in [0, 0.1) is 6.92 Å². The Balaban J connectivity index is 3.03. The summed E-state index contributed by atoms with van der Waals surface area (Å²) in [6.07, 6.45) is 0. The van der Waals surface area contributed by atoms with Crippen LogP contribution in [0.25, 0.3) is 0 Å². The lowest BCUT2D eigenvalue weighted by atomic mass is 9.85. The summed E-state index contributed by atoms with van der Waals surface area (Å²) in [5.41, 5.74) is 3.86. The fourth-order valence-electron chi connectivity index (χ4n) is 1.63. The second-order valence-corrected chi connectivity index (χ2v) is 6.18. The van der Waals surface area contributed by atoms with Crippen LogP contribution in [0.4, 0.5) is 4.79 Å². The van der Waals surface area contributed by atoms with Gasteiger partial charge in [0.1, 0.15) is 0 Å². The van der Waals surface area contributed by atoms with Crippen LogP contribution < -0.4 is 0 Å². The molecule has 2 nitrogen and oxygen atoms in total. The molecule has 1 aromatic carbocycles. The molecule has 0 N–H and O–H groups in total. The van der Waals surface area contributed by atoms with E-state index in [1.165, 1.54) is 16.7 Å². The monoisotopic (exact) mass is 297 g/mol. The van der Waals surface area contributed by atoms with Gasteiger partial charge in [0.15, 0.2) is 0 Å². The summed E-state index contributed by atoms with van der Waals surface area (Å²) in [4.78, 5) is 12.8. The van der Waals surface area contributed by atoms with Gasteiger partial charge in [-0.15, -0.1) is 0 Å². The van der Waals surface area contributed by atoms with E-state index < -0.39 is 0 Å². The number of benzene rings is 1. The van der Waals surface area contributed by atoms with Crippen molar-refractivity contribution >= 4 is 20.7 Å². The molecule has 0 spiro atoms. The number of rotatable bonds is 2. The first-order valence-corrected chi connectivity index (χ1v) is 6.51. The van der Waals surface area contributed by atoms with Gasteiger partial charge in [-0.1, -0.05) is 39.0 Å². The van der Waals surface area contributed by atoms with Gasteiger partial charge in [-0.25, -0.2) is 0 Å². The van der Waals surface area contributed by atoms with Gasteiger partial charge in [-0.05, 0) is 29.0 Å². The van der Waals surface area contributed by atoms with Gasteiger partial charge in [-0.2, -0.15) is 0 Å². The molecular weight excluding hydrogens is 278 g/mol. The van der Waals surface area contributed by atoms with E-state index in [1.54, 1.807) is 11.9 Å². The Morgan fingerprint density at radius 3 is 2.41 bits per heavy atom. The van der Waals surface area contributed by atoms with Gasteiger partial charge in [-0.3, -0.25) is 4.79 Å². The van der Waals surface area contributed by atoms with Gasteiger partial charge in [0.25, 0.3) is 4.82 Å². The molecule has 0 unspecified atom stereocenters. The van der Waals surface area contributed by atoms with E-state index in [1.807, 2.05) is 0 Å². The van der Waals surface area contributed by atoms with Crippen LogP contribution in [0.1, 0.15) is 37.5 Å². The van der Waals surface area contributed by atoms with E-state index in [-0.39, 0.29) is 10.2 Å². The van der Waals surface area contributed by atoms with Crippen molar-refractivity contribution in [2.24, 2.45) is 0 Å². The Morgan fingerprint density at radius 1 is 1.35 bits per heavy atom. The quantitative estimate of drug-likeness (QED) is 0.591. The topological polar surface area (TPSA) is 20.3 Å². The zero-order valence-electron chi connectivity index (χ0n) is 11.2. The molecule has 0 bridgehead atoms. The number of hydrogen-bond donors (Lipinski definition) is 0. The standard InChI is InChI=1S/C14H20BrNO/c1-10-6-7-12(14(2,3)4)8-11(10)9-16(5)13(15)17/h6-8H,9H2,1-5H3. The van der Waals surface area contributed by atoms with Crippen molar-refractivity contribution in [3.05, 3.63) is 34.9 Å². The molecule has 0 atom stereocenters. The average molecular weight is 298 g/mol. The molecule has 17 heavy (non-hydrogen) atoms. The van der Waals surface area contributed by atoms with Crippen LogP contribution >= 0.6 is 15.9 Å². The molecule has 0 aliphatic heterocycles. The largest absolute Gasteiger partial charge is 0.332 e. The Kier molecular flexibility index (Phi) is 4.36. The molecule has 0 aliphatic rings. The predicted molar refractivity (Wildman–Crippen MR) is 75.7 cm³/mol. The summed E-state index contributed by atoms with van der Waals surface area (Å²) in [6, 6.07) is 6.49. The number of aryl methyl sites for hydroxylation is 1. The summed E-state index contributed by atoms with van der Waals surface area (Å²) in [6.45, 7) is 9.30. The van der Waals surface area contributed by atoms with Crippen molar-refractivity contribution in [2.75, 3.05) is 7.05 Å². The molecule has 1 aromatic rings. The second kappa shape index (κ2) is 5.21. The molecule has 0 aliphatic carbocycles. The molecule has 1 amide bonds. The third-order valence-corrected chi connectivity index (χ3v) is 3.53. The number of hydrogen-bond acceptors (Lipinski definition) is 1. The van der Waals surface area contributed by atoms with Crippen molar-refractivity contribution < 1.29 is 4.79 Å². The van der Waals surface area contributed by atoms with E-state index in [4.69, 9.17) is 0 Å². The lowest BCUT2D eigenvalue weighted by molar-refractivity contribution is 0.233. The molecular formula is C14H20BrNO. The van der Waals surface area contributed by atoms with Gasteiger partial charge in [0, 0.05) is 29.5 Å². The van der Waals surface area contributed by atoms with Crippen LogP contribution in [0.3, 0.4) is 0 Å². The molecule has 0 fully saturated rings. The lowest BCUT2D eigenvalue weighted by Gasteiger charge is -2.22. The molecule has 94 valence electrons. The molecule has 0 heterocycles. The Morgan fingerprint density at radius 2 is 1.94 bits per heavy atom. The maximum Gasteiger partial charge on any atom is 0.289 e. The summed E-state index contributed by atoms with van der Waals surface area (Å²) in [5.74, 6) is 0. The van der Waals surface area contributed by atoms with Crippen molar-refractivity contribution in [3.8, 4) is 0 Å². The van der Waals surface area contributed by atoms with E-state index >= 15 is 0 Å². The molecule has 3 heteroatoms. The highest BCUT2D eigenvalue weighted by Crippen LogP contribution is 2.25. The predicted octanol–water partition coefficient (Wildman–Crippen LogP) is 4.24. The minimum atomic E-state index is -0.0851. The zero-order valence-corrected chi connectivity index (χ0v) is 12.8. The summed E-state index contributed by atoms with van der Waals surface area (Å²) in [5, 5.41) is 0. The molecule has 0 saturated heterocycles. The fraction of sp³-hybridized carbons (Fsp3) is 0.500. The first-order chi connectivity index (χ1) is 7.71. The Bertz CT molecular complexity index is 421. The van der Waals surface area contributed by atoms with Gasteiger partial charge in [0.05, 0.1) is 0 Å². The summed E-state index contributed by atoms with van der Waals surface area (Å²) >= 11 is 2.97. The van der Waals surface area contributed by atoms with Crippen molar-refractivity contribution in [1.29, 1.82) is 0 Å². The molecule has 0 aromatic heterocycles. The smallest absolute Gasteiger partial charge is 0.289 e. The van der Waals surface area contributed by atoms with E-state index in [0.717, 1.165) is 0 Å². The zero-order chi connectivity index (χ0) is 13.2. The van der Waals surface area contributed by atoms with Crippen LogP contribution in [-0.4, -0.2) is 16.8 Å². The Labute approximate surface area is 112 Å². The van der Waals surface area contributed by atoms with Gasteiger partial charge in [0.2, 0.25) is 0 Å². The highest BCUT2D eigenvalue weighted by Gasteiger charge is 2.15. The first kappa shape index (κ1) is 14.2. The molecule has 0 radical (unpaired) electrons. The third-order valence-electron chi connectivity index (χ3n) is 2.92.